The van der Waals surface area contributed by atoms with Gasteiger partial charge in [0.05, 0.1) is 0 Å². The fourth-order valence-corrected chi connectivity index (χ4v) is 2.13. The molecule has 1 rings (SSSR count). The van der Waals surface area contributed by atoms with Gasteiger partial charge < -0.3 is 9.47 Å². The number of hydrogen-bond donors (Lipinski definition) is 0. The Morgan fingerprint density at radius 3 is 2.08 bits per heavy atom. The molecule has 0 spiro atoms. The number of methoxy groups -OCH3 is 2. The van der Waals surface area contributed by atoms with E-state index in [1.165, 1.54) is 25.7 Å². The fourth-order valence-electron chi connectivity index (χ4n) is 2.13. The lowest BCUT2D eigenvalue weighted by Gasteiger charge is -2.28. The van der Waals surface area contributed by atoms with Gasteiger partial charge in [0.2, 0.25) is 0 Å². The molecular formula is C11H22O2. The smallest absolute Gasteiger partial charge is 0.157 e. The summed E-state index contributed by atoms with van der Waals surface area (Å²) in [5.41, 5.74) is 0. The van der Waals surface area contributed by atoms with E-state index >= 15 is 0 Å². The third kappa shape index (κ3) is 3.65. The molecule has 0 aromatic carbocycles. The van der Waals surface area contributed by atoms with Crippen LogP contribution < -0.4 is 0 Å². The third-order valence-electron chi connectivity index (χ3n) is 3.19. The molecule has 1 aliphatic rings. The van der Waals surface area contributed by atoms with Crippen LogP contribution in [0.5, 0.6) is 0 Å². The Bertz CT molecular complexity index is 124. The van der Waals surface area contributed by atoms with Crippen LogP contribution in [0.2, 0.25) is 0 Å². The van der Waals surface area contributed by atoms with Gasteiger partial charge in [-0.3, -0.25) is 0 Å². The summed E-state index contributed by atoms with van der Waals surface area (Å²) in [6.45, 7) is 2.35. The van der Waals surface area contributed by atoms with E-state index in [1.54, 1.807) is 14.2 Å². The largest absolute Gasteiger partial charge is 0.356 e. The summed E-state index contributed by atoms with van der Waals surface area (Å²) in [7, 11) is 3.44. The molecule has 0 bridgehead atoms. The molecule has 0 aliphatic heterocycles. The summed E-state index contributed by atoms with van der Waals surface area (Å²) in [5.74, 6) is 1.75. The van der Waals surface area contributed by atoms with Crippen molar-refractivity contribution in [2.24, 2.45) is 11.8 Å². The van der Waals surface area contributed by atoms with Crippen molar-refractivity contribution in [2.75, 3.05) is 14.2 Å². The van der Waals surface area contributed by atoms with Crippen molar-refractivity contribution in [2.45, 2.75) is 45.3 Å². The number of ether oxygens (including phenoxy) is 2. The van der Waals surface area contributed by atoms with E-state index in [1.807, 2.05) is 0 Å². The molecular weight excluding hydrogens is 164 g/mol. The normalized spacial score (nSPS) is 29.5. The highest BCUT2D eigenvalue weighted by Crippen LogP contribution is 2.31. The number of hydrogen-bond acceptors (Lipinski definition) is 2. The van der Waals surface area contributed by atoms with Gasteiger partial charge in [-0.05, 0) is 11.8 Å². The topological polar surface area (TPSA) is 18.5 Å². The first kappa shape index (κ1) is 11.0. The van der Waals surface area contributed by atoms with Crippen LogP contribution in [0.4, 0.5) is 0 Å². The van der Waals surface area contributed by atoms with Gasteiger partial charge in [0.1, 0.15) is 0 Å². The summed E-state index contributed by atoms with van der Waals surface area (Å²) in [4.78, 5) is 0. The zero-order valence-corrected chi connectivity index (χ0v) is 9.08. The minimum atomic E-state index is 0.0124. The van der Waals surface area contributed by atoms with Crippen LogP contribution in [0, 0.1) is 11.8 Å². The lowest BCUT2D eigenvalue weighted by molar-refractivity contribution is -0.116. The summed E-state index contributed by atoms with van der Waals surface area (Å²) in [6, 6.07) is 0. The van der Waals surface area contributed by atoms with E-state index in [9.17, 15) is 0 Å². The molecule has 1 aliphatic carbocycles. The first-order valence-corrected chi connectivity index (χ1v) is 5.31. The molecule has 0 amide bonds. The summed E-state index contributed by atoms with van der Waals surface area (Å²) < 4.78 is 10.4. The van der Waals surface area contributed by atoms with Crippen LogP contribution in [0.3, 0.4) is 0 Å². The van der Waals surface area contributed by atoms with Gasteiger partial charge in [0.15, 0.2) is 6.29 Å². The molecule has 2 heteroatoms. The van der Waals surface area contributed by atoms with E-state index in [0.29, 0.717) is 0 Å². The molecule has 1 fully saturated rings. The highest BCUT2D eigenvalue weighted by molar-refractivity contribution is 4.70. The molecule has 13 heavy (non-hydrogen) atoms. The van der Waals surface area contributed by atoms with Crippen molar-refractivity contribution >= 4 is 0 Å². The molecule has 78 valence electrons. The second-order valence-electron chi connectivity index (χ2n) is 4.26. The molecule has 0 aromatic rings. The molecule has 0 radical (unpaired) electrons. The Morgan fingerprint density at radius 1 is 1.08 bits per heavy atom. The molecule has 0 aromatic heterocycles. The van der Waals surface area contributed by atoms with Crippen molar-refractivity contribution in [1.82, 2.24) is 0 Å². The first-order valence-electron chi connectivity index (χ1n) is 5.31. The van der Waals surface area contributed by atoms with E-state index in [2.05, 4.69) is 6.92 Å². The fraction of sp³-hybridized carbons (Fsp3) is 1.00. The SMILES string of the molecule is COC(CC1CCC(C)CC1)OC. The first-order chi connectivity index (χ1) is 6.26. The van der Waals surface area contributed by atoms with Crippen LogP contribution in [-0.2, 0) is 9.47 Å². The Kier molecular flexibility index (Phi) is 4.74. The second-order valence-corrected chi connectivity index (χ2v) is 4.26. The van der Waals surface area contributed by atoms with Crippen molar-refractivity contribution in [1.29, 1.82) is 0 Å². The molecule has 0 heterocycles. The standard InChI is InChI=1S/C11H22O2/c1-9-4-6-10(7-5-9)8-11(12-2)13-3/h9-11H,4-8H2,1-3H3. The highest BCUT2D eigenvalue weighted by atomic mass is 16.7. The third-order valence-corrected chi connectivity index (χ3v) is 3.19. The van der Waals surface area contributed by atoms with Crippen LogP contribution in [-0.4, -0.2) is 20.5 Å². The predicted molar refractivity (Wildman–Crippen MR) is 53.5 cm³/mol. The molecule has 2 nitrogen and oxygen atoms in total. The maximum absolute atomic E-state index is 5.21. The molecule has 0 N–H and O–H groups in total. The van der Waals surface area contributed by atoms with Gasteiger partial charge in [-0.15, -0.1) is 0 Å². The van der Waals surface area contributed by atoms with Gasteiger partial charge >= 0.3 is 0 Å². The Balaban J connectivity index is 2.21. The summed E-state index contributed by atoms with van der Waals surface area (Å²) in [5, 5.41) is 0. The van der Waals surface area contributed by atoms with Crippen molar-refractivity contribution in [3.8, 4) is 0 Å². The van der Waals surface area contributed by atoms with Gasteiger partial charge in [-0.2, -0.15) is 0 Å². The van der Waals surface area contributed by atoms with E-state index in [4.69, 9.17) is 9.47 Å². The van der Waals surface area contributed by atoms with E-state index in [0.717, 1.165) is 18.3 Å². The van der Waals surface area contributed by atoms with Gasteiger partial charge in [-0.1, -0.05) is 32.6 Å². The van der Waals surface area contributed by atoms with Gasteiger partial charge in [0, 0.05) is 20.6 Å². The van der Waals surface area contributed by atoms with Crippen molar-refractivity contribution in [3.63, 3.8) is 0 Å². The molecule has 1 saturated carbocycles. The maximum atomic E-state index is 5.21. The van der Waals surface area contributed by atoms with Gasteiger partial charge in [0.25, 0.3) is 0 Å². The average molecular weight is 186 g/mol. The lowest BCUT2D eigenvalue weighted by Crippen LogP contribution is -2.21. The van der Waals surface area contributed by atoms with Gasteiger partial charge in [-0.25, -0.2) is 0 Å². The Labute approximate surface area is 81.6 Å². The van der Waals surface area contributed by atoms with E-state index in [-0.39, 0.29) is 6.29 Å². The molecule has 0 unspecified atom stereocenters. The van der Waals surface area contributed by atoms with E-state index < -0.39 is 0 Å². The molecule has 0 atom stereocenters. The Hall–Kier alpha value is -0.0800. The van der Waals surface area contributed by atoms with Crippen LogP contribution >= 0.6 is 0 Å². The summed E-state index contributed by atoms with van der Waals surface area (Å²) in [6.07, 6.45) is 6.54. The zero-order valence-electron chi connectivity index (χ0n) is 9.08. The minimum Gasteiger partial charge on any atom is -0.356 e. The van der Waals surface area contributed by atoms with Crippen molar-refractivity contribution < 1.29 is 9.47 Å². The Morgan fingerprint density at radius 2 is 1.62 bits per heavy atom. The maximum Gasteiger partial charge on any atom is 0.157 e. The highest BCUT2D eigenvalue weighted by Gasteiger charge is 2.21. The van der Waals surface area contributed by atoms with Crippen LogP contribution in [0.15, 0.2) is 0 Å². The quantitative estimate of drug-likeness (QED) is 0.628. The summed E-state index contributed by atoms with van der Waals surface area (Å²) >= 11 is 0. The molecule has 0 saturated heterocycles. The average Bonchev–Trinajstić information content (AvgIpc) is 2.17. The lowest BCUT2D eigenvalue weighted by atomic mass is 9.81. The second kappa shape index (κ2) is 5.61. The predicted octanol–water partition coefficient (Wildman–Crippen LogP) is 2.82. The number of rotatable bonds is 4. The minimum absolute atomic E-state index is 0.0124. The monoisotopic (exact) mass is 186 g/mol. The van der Waals surface area contributed by atoms with Crippen LogP contribution in [0.25, 0.3) is 0 Å². The van der Waals surface area contributed by atoms with Crippen LogP contribution in [0.1, 0.15) is 39.0 Å². The van der Waals surface area contributed by atoms with Crippen molar-refractivity contribution in [3.05, 3.63) is 0 Å². The zero-order chi connectivity index (χ0) is 9.68.